The molecule has 0 atom stereocenters. The van der Waals surface area contributed by atoms with E-state index in [-0.39, 0.29) is 24.4 Å². The number of carbonyl (C=O) groups excluding carboxylic acids is 1. The lowest BCUT2D eigenvalue weighted by molar-refractivity contribution is -0.116. The number of carbonyl (C=O) groups is 1. The SMILES string of the molecule is O=C(CCn1cnc2ccccc2c1=O)Nc1ccccc1-c1ccccc1. The van der Waals surface area contributed by atoms with Gasteiger partial charge in [0.15, 0.2) is 0 Å². The molecule has 0 unspecified atom stereocenters. The Morgan fingerprint density at radius 2 is 1.61 bits per heavy atom. The fraction of sp³-hybridized carbons (Fsp3) is 0.0870. The Morgan fingerprint density at radius 1 is 0.893 bits per heavy atom. The minimum Gasteiger partial charge on any atom is -0.325 e. The third kappa shape index (κ3) is 3.69. The second-order valence-corrected chi connectivity index (χ2v) is 6.47. The first-order valence-electron chi connectivity index (χ1n) is 9.11. The van der Waals surface area contributed by atoms with Crippen molar-refractivity contribution in [2.24, 2.45) is 0 Å². The molecule has 0 fully saturated rings. The van der Waals surface area contributed by atoms with Gasteiger partial charge in [-0.25, -0.2) is 4.98 Å². The summed E-state index contributed by atoms with van der Waals surface area (Å²) in [4.78, 5) is 29.3. The molecular formula is C23H19N3O2. The molecule has 1 N–H and O–H groups in total. The topological polar surface area (TPSA) is 64.0 Å². The Kier molecular flexibility index (Phi) is 4.97. The molecule has 0 saturated heterocycles. The molecular weight excluding hydrogens is 350 g/mol. The molecule has 1 amide bonds. The van der Waals surface area contributed by atoms with Gasteiger partial charge in [0.2, 0.25) is 5.91 Å². The lowest BCUT2D eigenvalue weighted by atomic mass is 10.0. The highest BCUT2D eigenvalue weighted by atomic mass is 16.2. The largest absolute Gasteiger partial charge is 0.325 e. The maximum Gasteiger partial charge on any atom is 0.261 e. The van der Waals surface area contributed by atoms with Gasteiger partial charge in [-0.1, -0.05) is 60.7 Å². The molecule has 4 aromatic rings. The van der Waals surface area contributed by atoms with Crippen molar-refractivity contribution in [1.29, 1.82) is 0 Å². The quantitative estimate of drug-likeness (QED) is 0.576. The molecule has 1 aromatic heterocycles. The number of aromatic nitrogens is 2. The minimum atomic E-state index is -0.150. The number of fused-ring (bicyclic) bond motifs is 1. The monoisotopic (exact) mass is 369 g/mol. The number of aryl methyl sites for hydroxylation is 1. The molecule has 138 valence electrons. The van der Waals surface area contributed by atoms with Crippen LogP contribution in [-0.2, 0) is 11.3 Å². The van der Waals surface area contributed by atoms with Crippen LogP contribution in [0.4, 0.5) is 5.69 Å². The number of hydrogen-bond acceptors (Lipinski definition) is 3. The molecule has 3 aromatic carbocycles. The van der Waals surface area contributed by atoms with Crippen LogP contribution >= 0.6 is 0 Å². The van der Waals surface area contributed by atoms with E-state index in [0.717, 1.165) is 16.8 Å². The van der Waals surface area contributed by atoms with E-state index in [1.54, 1.807) is 12.1 Å². The van der Waals surface area contributed by atoms with Crippen molar-refractivity contribution in [1.82, 2.24) is 9.55 Å². The Balaban J connectivity index is 1.49. The molecule has 0 bridgehead atoms. The average molecular weight is 369 g/mol. The van der Waals surface area contributed by atoms with Crippen LogP contribution in [0, 0.1) is 0 Å². The second-order valence-electron chi connectivity index (χ2n) is 6.47. The zero-order valence-electron chi connectivity index (χ0n) is 15.2. The third-order valence-electron chi connectivity index (χ3n) is 4.60. The summed E-state index contributed by atoms with van der Waals surface area (Å²) in [5, 5.41) is 3.52. The van der Waals surface area contributed by atoms with Crippen LogP contribution < -0.4 is 10.9 Å². The standard InChI is InChI=1S/C23H19N3O2/c27-22(14-15-26-16-24-20-12-6-5-11-19(20)23(26)28)25-21-13-7-4-10-18(21)17-8-2-1-3-9-17/h1-13,16H,14-15H2,(H,25,27). The summed E-state index contributed by atoms with van der Waals surface area (Å²) >= 11 is 0. The summed E-state index contributed by atoms with van der Waals surface area (Å²) in [6, 6.07) is 24.8. The summed E-state index contributed by atoms with van der Waals surface area (Å²) < 4.78 is 1.48. The first kappa shape index (κ1) is 17.7. The van der Waals surface area contributed by atoms with Gasteiger partial charge in [-0.2, -0.15) is 0 Å². The van der Waals surface area contributed by atoms with Gasteiger partial charge in [0.05, 0.1) is 17.2 Å². The maximum atomic E-state index is 12.5. The molecule has 0 radical (unpaired) electrons. The lowest BCUT2D eigenvalue weighted by Gasteiger charge is -2.12. The van der Waals surface area contributed by atoms with Gasteiger partial charge in [0.25, 0.3) is 5.56 Å². The molecule has 0 aliphatic rings. The van der Waals surface area contributed by atoms with Crippen LogP contribution in [0.2, 0.25) is 0 Å². The molecule has 28 heavy (non-hydrogen) atoms. The number of nitrogens with zero attached hydrogens (tertiary/aromatic N) is 2. The number of benzene rings is 3. The van der Waals surface area contributed by atoms with Gasteiger partial charge in [-0.15, -0.1) is 0 Å². The van der Waals surface area contributed by atoms with E-state index >= 15 is 0 Å². The van der Waals surface area contributed by atoms with Crippen LogP contribution in [0.15, 0.2) is 90.0 Å². The van der Waals surface area contributed by atoms with Gasteiger partial charge in [0.1, 0.15) is 0 Å². The molecule has 0 spiro atoms. The van der Waals surface area contributed by atoms with Gasteiger partial charge in [-0.05, 0) is 23.8 Å². The van der Waals surface area contributed by atoms with Crippen molar-refractivity contribution in [3.05, 3.63) is 95.5 Å². The molecule has 0 saturated carbocycles. The summed E-state index contributed by atoms with van der Waals surface area (Å²) in [7, 11) is 0. The maximum absolute atomic E-state index is 12.5. The van der Waals surface area contributed by atoms with Gasteiger partial charge in [-0.3, -0.25) is 14.2 Å². The van der Waals surface area contributed by atoms with Gasteiger partial charge >= 0.3 is 0 Å². The van der Waals surface area contributed by atoms with E-state index in [1.165, 1.54) is 10.9 Å². The fourth-order valence-electron chi connectivity index (χ4n) is 3.16. The molecule has 4 rings (SSSR count). The third-order valence-corrected chi connectivity index (χ3v) is 4.60. The Labute approximate surface area is 162 Å². The van der Waals surface area contributed by atoms with E-state index in [4.69, 9.17) is 0 Å². The molecule has 5 heteroatoms. The number of amides is 1. The lowest BCUT2D eigenvalue weighted by Crippen LogP contribution is -2.23. The van der Waals surface area contributed by atoms with Crippen LogP contribution in [0.25, 0.3) is 22.0 Å². The first-order chi connectivity index (χ1) is 13.7. The number of para-hydroxylation sites is 2. The zero-order valence-corrected chi connectivity index (χ0v) is 15.2. The molecule has 1 heterocycles. The van der Waals surface area contributed by atoms with Crippen molar-refractivity contribution in [3.63, 3.8) is 0 Å². The van der Waals surface area contributed by atoms with E-state index in [1.807, 2.05) is 66.7 Å². The Bertz CT molecular complexity index is 1180. The number of rotatable bonds is 5. The van der Waals surface area contributed by atoms with Gasteiger partial charge in [0, 0.05) is 24.2 Å². The predicted octanol–water partition coefficient (Wildman–Crippen LogP) is 4.09. The van der Waals surface area contributed by atoms with Crippen molar-refractivity contribution in [2.45, 2.75) is 13.0 Å². The van der Waals surface area contributed by atoms with Crippen molar-refractivity contribution in [3.8, 4) is 11.1 Å². The van der Waals surface area contributed by atoms with E-state index in [9.17, 15) is 9.59 Å². The highest BCUT2D eigenvalue weighted by Crippen LogP contribution is 2.27. The number of nitrogens with one attached hydrogen (secondary N) is 1. The summed E-state index contributed by atoms with van der Waals surface area (Å²) in [6.07, 6.45) is 1.68. The predicted molar refractivity (Wildman–Crippen MR) is 111 cm³/mol. The van der Waals surface area contributed by atoms with E-state index in [0.29, 0.717) is 10.9 Å². The van der Waals surface area contributed by atoms with Crippen molar-refractivity contribution < 1.29 is 4.79 Å². The normalized spacial score (nSPS) is 10.7. The minimum absolute atomic E-state index is 0.136. The first-order valence-corrected chi connectivity index (χ1v) is 9.11. The zero-order chi connectivity index (χ0) is 19.3. The van der Waals surface area contributed by atoms with Crippen LogP contribution in [0.3, 0.4) is 0 Å². The van der Waals surface area contributed by atoms with Crippen molar-refractivity contribution in [2.75, 3.05) is 5.32 Å². The molecule has 5 nitrogen and oxygen atoms in total. The fourth-order valence-corrected chi connectivity index (χ4v) is 3.16. The van der Waals surface area contributed by atoms with Crippen LogP contribution in [-0.4, -0.2) is 15.5 Å². The highest BCUT2D eigenvalue weighted by Gasteiger charge is 2.10. The van der Waals surface area contributed by atoms with Crippen LogP contribution in [0.5, 0.6) is 0 Å². The van der Waals surface area contributed by atoms with Crippen LogP contribution in [0.1, 0.15) is 6.42 Å². The Hall–Kier alpha value is -3.73. The summed E-state index contributed by atoms with van der Waals surface area (Å²) in [5.74, 6) is -0.150. The van der Waals surface area contributed by atoms with E-state index < -0.39 is 0 Å². The average Bonchev–Trinajstić information content (AvgIpc) is 2.74. The molecule has 0 aliphatic heterocycles. The second kappa shape index (κ2) is 7.88. The smallest absolute Gasteiger partial charge is 0.261 e. The highest BCUT2D eigenvalue weighted by molar-refractivity contribution is 5.95. The Morgan fingerprint density at radius 3 is 2.46 bits per heavy atom. The summed E-state index contributed by atoms with van der Waals surface area (Å²) in [6.45, 7) is 0.274. The van der Waals surface area contributed by atoms with Gasteiger partial charge < -0.3 is 5.32 Å². The summed E-state index contributed by atoms with van der Waals surface area (Å²) in [5.41, 5.74) is 3.27. The number of anilines is 1. The number of hydrogen-bond donors (Lipinski definition) is 1. The van der Waals surface area contributed by atoms with Crippen molar-refractivity contribution >= 4 is 22.5 Å². The molecule has 0 aliphatic carbocycles. The van der Waals surface area contributed by atoms with E-state index in [2.05, 4.69) is 10.3 Å².